The molecular weight excluding hydrogens is 306 g/mol. The molecule has 2 heterocycles. The van der Waals surface area contributed by atoms with Crippen molar-refractivity contribution in [3.05, 3.63) is 35.7 Å². The van der Waals surface area contributed by atoms with E-state index in [1.165, 1.54) is 0 Å². The summed E-state index contributed by atoms with van der Waals surface area (Å²) >= 11 is 0. The highest BCUT2D eigenvalue weighted by Gasteiger charge is 2.37. The average Bonchev–Trinajstić information content (AvgIpc) is 2.82. The van der Waals surface area contributed by atoms with E-state index in [2.05, 4.69) is 15.1 Å². The number of hydrogen-bond acceptors (Lipinski definition) is 4. The van der Waals surface area contributed by atoms with Crippen LogP contribution in [0.1, 0.15) is 17.1 Å². The van der Waals surface area contributed by atoms with Gasteiger partial charge in [0.25, 0.3) is 0 Å². The lowest BCUT2D eigenvalue weighted by Gasteiger charge is -2.05. The minimum Gasteiger partial charge on any atom is -0.392 e. The molecule has 0 spiro atoms. The molecular formula is C10H6F6N4O. The molecule has 0 aromatic carbocycles. The first-order valence-electron chi connectivity index (χ1n) is 5.29. The molecule has 0 bridgehead atoms. The fraction of sp³-hybridized carbons (Fsp3) is 0.300. The minimum absolute atomic E-state index is 0.201. The molecule has 21 heavy (non-hydrogen) atoms. The maximum atomic E-state index is 12.6. The monoisotopic (exact) mass is 312 g/mol. The number of halogens is 6. The van der Waals surface area contributed by atoms with Gasteiger partial charge in [-0.15, -0.1) is 0 Å². The van der Waals surface area contributed by atoms with E-state index >= 15 is 0 Å². The summed E-state index contributed by atoms with van der Waals surface area (Å²) in [5.74, 6) is -1.42. The molecule has 114 valence electrons. The van der Waals surface area contributed by atoms with Crippen LogP contribution in [-0.2, 0) is 19.0 Å². The molecule has 0 aliphatic rings. The van der Waals surface area contributed by atoms with Gasteiger partial charge in [0.2, 0.25) is 5.82 Å². The van der Waals surface area contributed by atoms with Gasteiger partial charge in [-0.1, -0.05) is 0 Å². The minimum atomic E-state index is -4.80. The molecule has 2 aromatic rings. The lowest BCUT2D eigenvalue weighted by molar-refractivity contribution is -0.145. The highest BCUT2D eigenvalue weighted by atomic mass is 19.4. The number of nitrogens with zero attached hydrogens (tertiary/aromatic N) is 4. The lowest BCUT2D eigenvalue weighted by atomic mass is 10.2. The lowest BCUT2D eigenvalue weighted by Crippen LogP contribution is -2.12. The molecule has 0 unspecified atom stereocenters. The topological polar surface area (TPSA) is 63.8 Å². The van der Waals surface area contributed by atoms with Crippen molar-refractivity contribution >= 4 is 0 Å². The van der Waals surface area contributed by atoms with Crippen molar-refractivity contribution in [3.63, 3.8) is 0 Å². The summed E-state index contributed by atoms with van der Waals surface area (Å²) in [5, 5.41) is 12.0. The van der Waals surface area contributed by atoms with E-state index in [-0.39, 0.29) is 5.69 Å². The number of aromatic nitrogens is 4. The van der Waals surface area contributed by atoms with Crippen LogP contribution in [0.15, 0.2) is 18.6 Å². The van der Waals surface area contributed by atoms with Crippen LogP contribution >= 0.6 is 0 Å². The summed E-state index contributed by atoms with van der Waals surface area (Å²) in [6, 6.07) is 0. The summed E-state index contributed by atoms with van der Waals surface area (Å²) in [7, 11) is 0. The first-order valence-corrected chi connectivity index (χ1v) is 5.29. The Morgan fingerprint density at radius 2 is 1.57 bits per heavy atom. The molecule has 0 saturated carbocycles. The van der Waals surface area contributed by atoms with Crippen LogP contribution in [0.2, 0.25) is 0 Å². The molecule has 0 aliphatic carbocycles. The first kappa shape index (κ1) is 15.2. The van der Waals surface area contributed by atoms with Crippen LogP contribution in [0, 0.1) is 0 Å². The Hall–Kier alpha value is -2.17. The standard InChI is InChI=1S/C10H6F6N4O/c11-9(12,13)7-5(4-21)3-20(19-7)6-1-17-8(18-2-6)10(14,15)16/h1-3,21H,4H2. The van der Waals surface area contributed by atoms with Crippen molar-refractivity contribution in [1.82, 2.24) is 19.7 Å². The van der Waals surface area contributed by atoms with Crippen molar-refractivity contribution in [2.75, 3.05) is 0 Å². The van der Waals surface area contributed by atoms with Crippen LogP contribution in [0.5, 0.6) is 0 Å². The van der Waals surface area contributed by atoms with Crippen molar-refractivity contribution in [2.24, 2.45) is 0 Å². The number of alkyl halides is 6. The second kappa shape index (κ2) is 4.98. The third-order valence-corrected chi connectivity index (χ3v) is 2.39. The van der Waals surface area contributed by atoms with Gasteiger partial charge in [0.05, 0.1) is 19.0 Å². The highest BCUT2D eigenvalue weighted by Crippen LogP contribution is 2.31. The van der Waals surface area contributed by atoms with Crippen LogP contribution in [-0.4, -0.2) is 24.9 Å². The van der Waals surface area contributed by atoms with Gasteiger partial charge in [0, 0.05) is 11.8 Å². The van der Waals surface area contributed by atoms with Gasteiger partial charge in [-0.2, -0.15) is 31.4 Å². The summed E-state index contributed by atoms with van der Waals surface area (Å²) in [6.07, 6.45) is -7.34. The van der Waals surface area contributed by atoms with E-state index in [0.29, 0.717) is 17.1 Å². The molecule has 2 rings (SSSR count). The van der Waals surface area contributed by atoms with Gasteiger partial charge in [-0.05, 0) is 0 Å². The van der Waals surface area contributed by atoms with Crippen molar-refractivity contribution in [1.29, 1.82) is 0 Å². The van der Waals surface area contributed by atoms with Gasteiger partial charge in [-0.25, -0.2) is 14.6 Å². The molecule has 0 fully saturated rings. The first-order chi connectivity index (χ1) is 9.63. The maximum Gasteiger partial charge on any atom is 0.451 e. The van der Waals surface area contributed by atoms with E-state index in [0.717, 1.165) is 6.20 Å². The Balaban J connectivity index is 2.41. The summed E-state index contributed by atoms with van der Waals surface area (Å²) < 4.78 is 75.3. The third-order valence-electron chi connectivity index (χ3n) is 2.39. The van der Waals surface area contributed by atoms with E-state index in [1.807, 2.05) is 0 Å². The van der Waals surface area contributed by atoms with Gasteiger partial charge in [-0.3, -0.25) is 0 Å². The zero-order chi connectivity index (χ0) is 15.8. The molecule has 0 atom stereocenters. The Morgan fingerprint density at radius 3 is 1.95 bits per heavy atom. The van der Waals surface area contributed by atoms with Crippen LogP contribution < -0.4 is 0 Å². The predicted octanol–water partition coefficient (Wildman–Crippen LogP) is 2.19. The molecule has 0 radical (unpaired) electrons. The van der Waals surface area contributed by atoms with Gasteiger partial charge < -0.3 is 5.11 Å². The van der Waals surface area contributed by atoms with E-state index in [1.54, 1.807) is 0 Å². The summed E-state index contributed by atoms with van der Waals surface area (Å²) in [6.45, 7) is -0.920. The third kappa shape index (κ3) is 3.12. The SMILES string of the molecule is OCc1cn(-c2cnc(C(F)(F)F)nc2)nc1C(F)(F)F. The van der Waals surface area contributed by atoms with Gasteiger partial charge >= 0.3 is 12.4 Å². The zero-order valence-corrected chi connectivity index (χ0v) is 9.94. The quantitative estimate of drug-likeness (QED) is 0.864. The van der Waals surface area contributed by atoms with Crippen molar-refractivity contribution in [3.8, 4) is 5.69 Å². The summed E-state index contributed by atoms with van der Waals surface area (Å²) in [4.78, 5) is 6.03. The summed E-state index contributed by atoms with van der Waals surface area (Å²) in [5.41, 5.74) is -2.04. The van der Waals surface area contributed by atoms with E-state index in [9.17, 15) is 26.3 Å². The van der Waals surface area contributed by atoms with Crippen LogP contribution in [0.25, 0.3) is 5.69 Å². The Morgan fingerprint density at radius 1 is 1.00 bits per heavy atom. The van der Waals surface area contributed by atoms with E-state index < -0.39 is 36.0 Å². The normalized spacial score (nSPS) is 12.7. The average molecular weight is 312 g/mol. The molecule has 11 heteroatoms. The fourth-order valence-electron chi connectivity index (χ4n) is 1.48. The fourth-order valence-corrected chi connectivity index (χ4v) is 1.48. The molecule has 0 aliphatic heterocycles. The number of hydrogen-bond donors (Lipinski definition) is 1. The van der Waals surface area contributed by atoms with Crippen LogP contribution in [0.4, 0.5) is 26.3 Å². The predicted molar refractivity (Wildman–Crippen MR) is 55.1 cm³/mol. The second-order valence-electron chi connectivity index (χ2n) is 3.87. The number of rotatable bonds is 2. The number of aliphatic hydroxyl groups is 1. The Labute approximate surface area is 112 Å². The molecule has 2 aromatic heterocycles. The van der Waals surface area contributed by atoms with Gasteiger partial charge in [0.15, 0.2) is 5.69 Å². The second-order valence-corrected chi connectivity index (χ2v) is 3.87. The largest absolute Gasteiger partial charge is 0.451 e. The molecule has 0 amide bonds. The van der Waals surface area contributed by atoms with E-state index in [4.69, 9.17) is 5.11 Å². The van der Waals surface area contributed by atoms with Gasteiger partial charge in [0.1, 0.15) is 5.69 Å². The number of aliphatic hydroxyl groups excluding tert-OH is 1. The van der Waals surface area contributed by atoms with Crippen molar-refractivity contribution in [2.45, 2.75) is 19.0 Å². The zero-order valence-electron chi connectivity index (χ0n) is 9.94. The maximum absolute atomic E-state index is 12.6. The Kier molecular flexibility index (Phi) is 3.61. The Bertz CT molecular complexity index is 630. The molecule has 1 N–H and O–H groups in total. The van der Waals surface area contributed by atoms with Crippen LogP contribution in [0.3, 0.4) is 0 Å². The van der Waals surface area contributed by atoms with Crippen molar-refractivity contribution < 1.29 is 31.4 Å². The highest BCUT2D eigenvalue weighted by molar-refractivity contribution is 5.29. The molecule has 5 nitrogen and oxygen atoms in total. The smallest absolute Gasteiger partial charge is 0.392 e. The molecule has 0 saturated heterocycles.